The number of piperazine rings is 1. The second-order valence-electron chi connectivity index (χ2n) is 5.81. The number of hydrogen-bond donors (Lipinski definition) is 1. The van der Waals surface area contributed by atoms with E-state index in [-0.39, 0.29) is 12.4 Å². The van der Waals surface area contributed by atoms with E-state index in [0.29, 0.717) is 0 Å². The van der Waals surface area contributed by atoms with E-state index in [1.807, 2.05) is 6.07 Å². The molecule has 2 heterocycles. The summed E-state index contributed by atoms with van der Waals surface area (Å²) in [4.78, 5) is 5.20. The summed E-state index contributed by atoms with van der Waals surface area (Å²) in [6.45, 7) is 8.16. The average molecular weight is 312 g/mol. The summed E-state index contributed by atoms with van der Waals surface area (Å²) < 4.78 is 5.29. The fraction of sp³-hybridized carbons (Fsp3) is 0.625. The number of nitrogens with zero attached hydrogens (tertiary/aromatic N) is 2. The van der Waals surface area contributed by atoms with Crippen LogP contribution in [-0.4, -0.2) is 62.2 Å². The van der Waals surface area contributed by atoms with Crippen LogP contribution in [0.2, 0.25) is 0 Å². The fourth-order valence-electron chi connectivity index (χ4n) is 3.27. The molecule has 2 saturated heterocycles. The number of methoxy groups -OCH3 is 1. The van der Waals surface area contributed by atoms with Gasteiger partial charge in [0.05, 0.1) is 7.11 Å². The van der Waals surface area contributed by atoms with Crippen LogP contribution in [0.25, 0.3) is 0 Å². The van der Waals surface area contributed by atoms with Crippen LogP contribution in [0.1, 0.15) is 12.0 Å². The molecule has 1 aromatic carbocycles. The quantitative estimate of drug-likeness (QED) is 0.914. The maximum atomic E-state index is 5.29. The molecule has 1 unspecified atom stereocenters. The van der Waals surface area contributed by atoms with E-state index in [1.54, 1.807) is 7.11 Å². The van der Waals surface area contributed by atoms with Crippen LogP contribution < -0.4 is 10.1 Å². The minimum atomic E-state index is 0. The van der Waals surface area contributed by atoms with Crippen molar-refractivity contribution in [2.75, 3.05) is 46.4 Å². The molecule has 2 aliphatic heterocycles. The SMILES string of the molecule is COc1cccc(CN2CCN(C3CCNC3)CC2)c1.Cl. The summed E-state index contributed by atoms with van der Waals surface area (Å²) >= 11 is 0. The zero-order chi connectivity index (χ0) is 13.8. The van der Waals surface area contributed by atoms with Crippen LogP contribution >= 0.6 is 12.4 Å². The van der Waals surface area contributed by atoms with Crippen LogP contribution in [0.3, 0.4) is 0 Å². The van der Waals surface area contributed by atoms with E-state index in [9.17, 15) is 0 Å². The van der Waals surface area contributed by atoms with Crippen LogP contribution in [0.5, 0.6) is 5.75 Å². The first-order chi connectivity index (χ1) is 9.85. The normalized spacial score (nSPS) is 23.8. The number of halogens is 1. The third-order valence-corrected chi connectivity index (χ3v) is 4.50. The van der Waals surface area contributed by atoms with Crippen molar-refractivity contribution in [2.45, 2.75) is 19.0 Å². The Bertz CT molecular complexity index is 429. The van der Waals surface area contributed by atoms with Crippen molar-refractivity contribution in [3.05, 3.63) is 29.8 Å². The average Bonchev–Trinajstić information content (AvgIpc) is 3.02. The van der Waals surface area contributed by atoms with E-state index >= 15 is 0 Å². The maximum Gasteiger partial charge on any atom is 0.119 e. The second kappa shape index (κ2) is 7.99. The van der Waals surface area contributed by atoms with Crippen molar-refractivity contribution in [3.63, 3.8) is 0 Å². The molecule has 2 fully saturated rings. The Kier molecular flexibility index (Phi) is 6.30. The minimum Gasteiger partial charge on any atom is -0.497 e. The molecule has 2 aliphatic rings. The highest BCUT2D eigenvalue weighted by Gasteiger charge is 2.25. The number of benzene rings is 1. The zero-order valence-corrected chi connectivity index (χ0v) is 13.6. The van der Waals surface area contributed by atoms with Gasteiger partial charge in [-0.25, -0.2) is 0 Å². The van der Waals surface area contributed by atoms with Gasteiger partial charge in [-0.3, -0.25) is 9.80 Å². The Morgan fingerprint density at radius 3 is 2.71 bits per heavy atom. The van der Waals surface area contributed by atoms with Crippen LogP contribution in [-0.2, 0) is 6.54 Å². The van der Waals surface area contributed by atoms with Gasteiger partial charge in [0.1, 0.15) is 5.75 Å². The van der Waals surface area contributed by atoms with Crippen molar-refractivity contribution in [3.8, 4) is 5.75 Å². The first-order valence-corrected chi connectivity index (χ1v) is 7.65. The molecule has 21 heavy (non-hydrogen) atoms. The van der Waals surface area contributed by atoms with Crippen LogP contribution in [0, 0.1) is 0 Å². The molecule has 1 aromatic rings. The molecule has 118 valence electrons. The predicted octanol–water partition coefficient (Wildman–Crippen LogP) is 1.60. The van der Waals surface area contributed by atoms with Gasteiger partial charge >= 0.3 is 0 Å². The monoisotopic (exact) mass is 311 g/mol. The van der Waals surface area contributed by atoms with Crippen molar-refractivity contribution in [1.82, 2.24) is 15.1 Å². The highest BCUT2D eigenvalue weighted by Crippen LogP contribution is 2.17. The molecule has 0 spiro atoms. The number of nitrogens with one attached hydrogen (secondary N) is 1. The third-order valence-electron chi connectivity index (χ3n) is 4.50. The molecular formula is C16H26ClN3O. The van der Waals surface area contributed by atoms with Gasteiger partial charge in [0.15, 0.2) is 0 Å². The Morgan fingerprint density at radius 1 is 1.24 bits per heavy atom. The lowest BCUT2D eigenvalue weighted by molar-refractivity contribution is 0.0981. The van der Waals surface area contributed by atoms with Gasteiger partial charge in [0, 0.05) is 45.3 Å². The first-order valence-electron chi connectivity index (χ1n) is 7.65. The highest BCUT2D eigenvalue weighted by atomic mass is 35.5. The standard InChI is InChI=1S/C16H25N3O.ClH/c1-20-16-4-2-3-14(11-16)13-18-7-9-19(10-8-18)15-5-6-17-12-15;/h2-4,11,15,17H,5-10,12-13H2,1H3;1H. The molecule has 0 bridgehead atoms. The van der Waals surface area contributed by atoms with E-state index in [0.717, 1.165) is 18.3 Å². The molecule has 4 nitrogen and oxygen atoms in total. The Hall–Kier alpha value is -0.810. The summed E-state index contributed by atoms with van der Waals surface area (Å²) in [7, 11) is 1.73. The number of rotatable bonds is 4. The van der Waals surface area contributed by atoms with E-state index < -0.39 is 0 Å². The topological polar surface area (TPSA) is 27.7 Å². The van der Waals surface area contributed by atoms with Gasteiger partial charge in [0.25, 0.3) is 0 Å². The van der Waals surface area contributed by atoms with Gasteiger partial charge in [-0.1, -0.05) is 12.1 Å². The smallest absolute Gasteiger partial charge is 0.119 e. The van der Waals surface area contributed by atoms with Crippen molar-refractivity contribution < 1.29 is 4.74 Å². The molecule has 0 radical (unpaired) electrons. The lowest BCUT2D eigenvalue weighted by Gasteiger charge is -2.37. The summed E-state index contributed by atoms with van der Waals surface area (Å²) in [6.07, 6.45) is 1.32. The van der Waals surface area contributed by atoms with Gasteiger partial charge in [-0.2, -0.15) is 0 Å². The molecule has 5 heteroatoms. The Labute approximate surface area is 133 Å². The lowest BCUT2D eigenvalue weighted by atomic mass is 10.1. The number of hydrogen-bond acceptors (Lipinski definition) is 4. The molecule has 0 aliphatic carbocycles. The van der Waals surface area contributed by atoms with Gasteiger partial charge in [0.2, 0.25) is 0 Å². The van der Waals surface area contributed by atoms with Crippen LogP contribution in [0.4, 0.5) is 0 Å². The van der Waals surface area contributed by atoms with Crippen molar-refractivity contribution >= 4 is 12.4 Å². The molecule has 1 atom stereocenters. The molecule has 0 aromatic heterocycles. The molecular weight excluding hydrogens is 286 g/mol. The second-order valence-corrected chi connectivity index (χ2v) is 5.81. The van der Waals surface area contributed by atoms with Gasteiger partial charge in [-0.15, -0.1) is 12.4 Å². The zero-order valence-electron chi connectivity index (χ0n) is 12.8. The number of ether oxygens (including phenoxy) is 1. The van der Waals surface area contributed by atoms with E-state index in [2.05, 4.69) is 33.3 Å². The lowest BCUT2D eigenvalue weighted by Crippen LogP contribution is -2.50. The first kappa shape index (κ1) is 16.6. The third kappa shape index (κ3) is 4.33. The predicted molar refractivity (Wildman–Crippen MR) is 88.4 cm³/mol. The summed E-state index contributed by atoms with van der Waals surface area (Å²) in [6, 6.07) is 9.20. The maximum absolute atomic E-state index is 5.29. The Morgan fingerprint density at radius 2 is 2.05 bits per heavy atom. The van der Waals surface area contributed by atoms with Crippen molar-refractivity contribution in [1.29, 1.82) is 0 Å². The molecule has 3 rings (SSSR count). The van der Waals surface area contributed by atoms with E-state index in [4.69, 9.17) is 4.74 Å². The summed E-state index contributed by atoms with van der Waals surface area (Å²) in [5, 5.41) is 3.46. The van der Waals surface area contributed by atoms with Gasteiger partial charge < -0.3 is 10.1 Å². The van der Waals surface area contributed by atoms with E-state index in [1.165, 1.54) is 51.3 Å². The Balaban J connectivity index is 0.00000161. The summed E-state index contributed by atoms with van der Waals surface area (Å²) in [5.41, 5.74) is 1.35. The largest absolute Gasteiger partial charge is 0.497 e. The van der Waals surface area contributed by atoms with Gasteiger partial charge in [-0.05, 0) is 30.7 Å². The highest BCUT2D eigenvalue weighted by molar-refractivity contribution is 5.85. The molecule has 1 N–H and O–H groups in total. The van der Waals surface area contributed by atoms with Crippen molar-refractivity contribution in [2.24, 2.45) is 0 Å². The summed E-state index contributed by atoms with van der Waals surface area (Å²) in [5.74, 6) is 0.957. The fourth-order valence-corrected chi connectivity index (χ4v) is 3.27. The molecule has 0 amide bonds. The van der Waals surface area contributed by atoms with Crippen LogP contribution in [0.15, 0.2) is 24.3 Å². The molecule has 0 saturated carbocycles. The minimum absolute atomic E-state index is 0.